The summed E-state index contributed by atoms with van der Waals surface area (Å²) in [4.78, 5) is 34.2. The van der Waals surface area contributed by atoms with Crippen LogP contribution in [0.1, 0.15) is 64.7 Å². The summed E-state index contributed by atoms with van der Waals surface area (Å²) >= 11 is 13.0. The number of piperidine rings is 3. The molecule has 0 amide bonds. The Morgan fingerprint density at radius 2 is 1.63 bits per heavy atom. The Morgan fingerprint density at radius 3 is 2.27 bits per heavy atom. The first-order valence-electron chi connectivity index (χ1n) is 19.3. The Hall–Kier alpha value is -4.70. The number of nitrogens with one attached hydrogen (secondary N) is 2. The number of ether oxygens (including phenoxy) is 4. The molecule has 4 heterocycles. The van der Waals surface area contributed by atoms with Gasteiger partial charge in [-0.3, -0.25) is 14.6 Å². The number of alkyl halides is 2. The average Bonchev–Trinajstić information content (AvgIpc) is 4.04. The van der Waals surface area contributed by atoms with Crippen molar-refractivity contribution in [1.82, 2.24) is 9.88 Å². The Labute approximate surface area is 351 Å². The van der Waals surface area contributed by atoms with Gasteiger partial charge in [-0.1, -0.05) is 59.6 Å². The molecule has 3 saturated heterocycles. The molecule has 12 nitrogen and oxygen atoms in total. The molecule has 4 fully saturated rings. The van der Waals surface area contributed by atoms with Crippen LogP contribution >= 0.6 is 23.2 Å². The number of hydrogen-bond acceptors (Lipinski definition) is 11. The highest BCUT2D eigenvalue weighted by Crippen LogP contribution is 2.38. The highest BCUT2D eigenvalue weighted by Gasteiger charge is 2.38. The van der Waals surface area contributed by atoms with Gasteiger partial charge < -0.3 is 24.3 Å². The maximum Gasteiger partial charge on any atom is 0.387 e. The van der Waals surface area contributed by atoms with Crippen LogP contribution in [-0.2, 0) is 30.7 Å². The Bertz CT molecular complexity index is 2220. The minimum absolute atomic E-state index is 0.0356. The largest absolute Gasteiger partial charge is 0.489 e. The molecule has 0 radical (unpaired) electrons. The molecule has 1 unspecified atom stereocenters. The van der Waals surface area contributed by atoms with Crippen molar-refractivity contribution in [1.29, 1.82) is 0 Å². The fraction of sp³-hybridized carbons (Fsp3) is 0.405. The number of carbonyl (C=O) groups is 2. The van der Waals surface area contributed by atoms with Crippen LogP contribution in [0, 0.1) is 11.8 Å². The van der Waals surface area contributed by atoms with Crippen molar-refractivity contribution in [2.24, 2.45) is 11.8 Å². The Balaban J connectivity index is 1.16. The van der Waals surface area contributed by atoms with Gasteiger partial charge in [-0.15, -0.1) is 0 Å². The molecule has 3 atom stereocenters. The van der Waals surface area contributed by atoms with Gasteiger partial charge in [-0.25, -0.2) is 18.0 Å². The van der Waals surface area contributed by atoms with Gasteiger partial charge in [-0.05, 0) is 104 Å². The standard InChI is InChI=1S/C42H44Cl2F2N4O8S/c1-59(53,54)49-32-16-29(15-31(19-32)48-39(27-5-3-2-4-6-27)41(52)57-38-22-50-13-11-26(38)12-14-50)40(51)56-24-30(17-33-34(43)20-47-21-35(33)44)28-9-10-36(58-42(45)46)37(18-28)55-23-25-7-8-25/h2-6,9-10,15-16,18-21,25-26,30,38-39,42,48-49H,7-8,11-14,17,22-24H2,1H3/t30-,38+,39?/m1/s1. The minimum atomic E-state index is -3.81. The van der Waals surface area contributed by atoms with Gasteiger partial charge in [0.05, 0.1) is 40.8 Å². The average molecular weight is 874 g/mol. The number of aromatic nitrogens is 1. The van der Waals surface area contributed by atoms with E-state index in [1.807, 2.05) is 6.07 Å². The monoisotopic (exact) mass is 872 g/mol. The van der Waals surface area contributed by atoms with Gasteiger partial charge in [0, 0.05) is 30.5 Å². The maximum atomic E-state index is 14.0. The van der Waals surface area contributed by atoms with Gasteiger partial charge in [0.25, 0.3) is 0 Å². The molecule has 4 aromatic rings. The highest BCUT2D eigenvalue weighted by atomic mass is 35.5. The van der Waals surface area contributed by atoms with E-state index in [1.54, 1.807) is 36.4 Å². The number of sulfonamides is 1. The predicted molar refractivity (Wildman–Crippen MR) is 219 cm³/mol. The van der Waals surface area contributed by atoms with Gasteiger partial charge >= 0.3 is 18.6 Å². The summed E-state index contributed by atoms with van der Waals surface area (Å²) in [7, 11) is -3.81. The summed E-state index contributed by atoms with van der Waals surface area (Å²) in [6.07, 6.45) is 7.55. The first-order chi connectivity index (χ1) is 28.3. The highest BCUT2D eigenvalue weighted by molar-refractivity contribution is 7.92. The summed E-state index contributed by atoms with van der Waals surface area (Å²) in [5.41, 5.74) is 1.92. The van der Waals surface area contributed by atoms with Crippen molar-refractivity contribution in [3.05, 3.63) is 111 Å². The zero-order valence-corrected chi connectivity index (χ0v) is 34.4. The molecule has 1 aliphatic carbocycles. The van der Waals surface area contributed by atoms with Crippen molar-refractivity contribution in [3.8, 4) is 11.5 Å². The first kappa shape index (κ1) is 42.4. The van der Waals surface area contributed by atoms with Crippen LogP contribution < -0.4 is 19.5 Å². The summed E-state index contributed by atoms with van der Waals surface area (Å²) in [6.45, 7) is -0.408. The number of fused-ring (bicyclic) bond motifs is 3. The van der Waals surface area contributed by atoms with Crippen LogP contribution in [0.3, 0.4) is 0 Å². The van der Waals surface area contributed by atoms with E-state index in [-0.39, 0.29) is 63.5 Å². The van der Waals surface area contributed by atoms with Gasteiger partial charge in [0.1, 0.15) is 6.10 Å². The van der Waals surface area contributed by atoms with Gasteiger partial charge in [0.15, 0.2) is 17.5 Å². The summed E-state index contributed by atoms with van der Waals surface area (Å²) < 4.78 is 76.6. The van der Waals surface area contributed by atoms with Crippen LogP contribution in [0.2, 0.25) is 10.0 Å². The number of carbonyl (C=O) groups excluding carboxylic acids is 2. The topological polar surface area (TPSA) is 145 Å². The molecule has 1 aromatic heterocycles. The lowest BCUT2D eigenvalue weighted by atomic mass is 9.86. The van der Waals surface area contributed by atoms with Crippen molar-refractivity contribution in [2.75, 3.05) is 49.1 Å². The zero-order chi connectivity index (χ0) is 41.7. The third-order valence-corrected chi connectivity index (χ3v) is 11.9. The Kier molecular flexibility index (Phi) is 13.4. The third-order valence-electron chi connectivity index (χ3n) is 10.7. The number of esters is 2. The van der Waals surface area contributed by atoms with Crippen LogP contribution in [0.5, 0.6) is 11.5 Å². The molecular weight excluding hydrogens is 829 g/mol. The SMILES string of the molecule is CS(=O)(=O)Nc1cc(NC(C(=O)O[C@H]2CN3CCC2CC3)c2ccccc2)cc(C(=O)OC[C@@H](Cc2c(Cl)cncc2Cl)c2ccc(OC(F)F)c(OCC3CC3)c2)c1. The van der Waals surface area contributed by atoms with E-state index in [2.05, 4.69) is 19.9 Å². The van der Waals surface area contributed by atoms with Crippen molar-refractivity contribution in [3.63, 3.8) is 0 Å². The first-order valence-corrected chi connectivity index (χ1v) is 22.0. The normalized spacial score (nSPS) is 19.7. The van der Waals surface area contributed by atoms with E-state index >= 15 is 0 Å². The van der Waals surface area contributed by atoms with Crippen molar-refractivity contribution >= 4 is 56.5 Å². The summed E-state index contributed by atoms with van der Waals surface area (Å²) in [5.74, 6) is -1.43. The lowest BCUT2D eigenvalue weighted by molar-refractivity contribution is -0.159. The van der Waals surface area contributed by atoms with Crippen LogP contribution in [0.25, 0.3) is 0 Å². The lowest BCUT2D eigenvalue weighted by Gasteiger charge is -2.44. The second-order valence-electron chi connectivity index (χ2n) is 15.2. The molecule has 314 valence electrons. The molecule has 4 aliphatic rings. The van der Waals surface area contributed by atoms with Gasteiger partial charge in [-0.2, -0.15) is 8.78 Å². The number of pyridine rings is 1. The van der Waals surface area contributed by atoms with Crippen molar-refractivity contribution < 1.29 is 45.7 Å². The fourth-order valence-electron chi connectivity index (χ4n) is 7.44. The predicted octanol–water partition coefficient (Wildman–Crippen LogP) is 8.12. The van der Waals surface area contributed by atoms with E-state index in [0.717, 1.165) is 45.0 Å². The van der Waals surface area contributed by atoms with Crippen LogP contribution in [0.15, 0.2) is 79.1 Å². The number of hydrogen-bond donors (Lipinski definition) is 2. The van der Waals surface area contributed by atoms with E-state index in [9.17, 15) is 26.8 Å². The molecule has 1 saturated carbocycles. The molecule has 8 rings (SSSR count). The number of anilines is 2. The van der Waals surface area contributed by atoms with E-state index in [4.69, 9.17) is 42.1 Å². The number of benzene rings is 3. The molecule has 2 bridgehead atoms. The van der Waals surface area contributed by atoms with E-state index in [1.165, 1.54) is 36.7 Å². The molecular formula is C42H44Cl2F2N4O8S. The Morgan fingerprint density at radius 1 is 0.915 bits per heavy atom. The third kappa shape index (κ3) is 11.5. The minimum Gasteiger partial charge on any atom is -0.489 e. The molecule has 2 N–H and O–H groups in total. The van der Waals surface area contributed by atoms with Crippen LogP contribution in [-0.4, -0.2) is 82.1 Å². The lowest BCUT2D eigenvalue weighted by Crippen LogP contribution is -2.52. The summed E-state index contributed by atoms with van der Waals surface area (Å²) in [5, 5.41) is 3.73. The molecule has 0 spiro atoms. The maximum absolute atomic E-state index is 14.0. The van der Waals surface area contributed by atoms with Crippen molar-refractivity contribution in [2.45, 2.75) is 56.8 Å². The fourth-order valence-corrected chi connectivity index (χ4v) is 8.51. The summed E-state index contributed by atoms with van der Waals surface area (Å²) in [6, 6.07) is 16.7. The molecule has 17 heteroatoms. The van der Waals surface area contributed by atoms with Gasteiger partial charge in [0.2, 0.25) is 10.0 Å². The number of halogens is 4. The van der Waals surface area contributed by atoms with Crippen LogP contribution in [0.4, 0.5) is 20.2 Å². The zero-order valence-electron chi connectivity index (χ0n) is 32.1. The molecule has 3 aromatic carbocycles. The second-order valence-corrected chi connectivity index (χ2v) is 17.8. The smallest absolute Gasteiger partial charge is 0.387 e. The number of rotatable bonds is 18. The van der Waals surface area contributed by atoms with E-state index in [0.29, 0.717) is 35.8 Å². The number of nitrogens with zero attached hydrogens (tertiary/aromatic N) is 2. The molecule has 3 aliphatic heterocycles. The quantitative estimate of drug-likeness (QED) is 0.0936. The second kappa shape index (κ2) is 18.7. The van der Waals surface area contributed by atoms with E-state index < -0.39 is 40.5 Å². The molecule has 59 heavy (non-hydrogen) atoms.